The first kappa shape index (κ1) is 62.4. The molecule has 4 aromatic heterocycles. The van der Waals surface area contributed by atoms with Crippen molar-refractivity contribution in [1.29, 1.82) is 0 Å². The van der Waals surface area contributed by atoms with Gasteiger partial charge in [-0.25, -0.2) is 0 Å². The third-order valence-electron chi connectivity index (χ3n) is 24.9. The van der Waals surface area contributed by atoms with E-state index in [1.54, 1.807) is 0 Å². The molecule has 0 atom stereocenters. The smallest absolute Gasteiger partial charge is 0.0547 e. The minimum Gasteiger partial charge on any atom is -0.309 e. The first-order chi connectivity index (χ1) is 54.1. The molecule has 0 N–H and O–H groups in total. The molecule has 0 bridgehead atoms. The maximum atomic E-state index is 2.51. The number of aromatic nitrogens is 4. The van der Waals surface area contributed by atoms with Crippen LogP contribution >= 0.6 is 0 Å². The summed E-state index contributed by atoms with van der Waals surface area (Å²) in [5, 5.41) is 20.2. The van der Waals surface area contributed by atoms with Crippen LogP contribution in [-0.2, 0) is 10.8 Å². The number of rotatable bonds is 6. The Morgan fingerprint density at radius 2 is 0.500 bits per heavy atom. The monoisotopic (exact) mass is 1400 g/mol. The summed E-state index contributed by atoms with van der Waals surface area (Å²) in [5.74, 6) is 0. The highest BCUT2D eigenvalue weighted by atomic mass is 15.0. The molecule has 0 radical (unpaired) electrons. The van der Waals surface area contributed by atoms with Crippen LogP contribution in [-0.4, -0.2) is 18.3 Å². The largest absolute Gasteiger partial charge is 0.309 e. The van der Waals surface area contributed by atoms with Gasteiger partial charge in [-0.05, 0) is 220 Å². The zero-order chi connectivity index (χ0) is 72.8. The van der Waals surface area contributed by atoms with E-state index in [0.717, 1.165) is 0 Å². The molecule has 4 nitrogen and oxygen atoms in total. The third-order valence-corrected chi connectivity index (χ3v) is 24.9. The summed E-state index contributed by atoms with van der Waals surface area (Å²) in [6.45, 7) is 9.50. The summed E-state index contributed by atoms with van der Waals surface area (Å²) in [4.78, 5) is 0. The molecule has 110 heavy (non-hydrogen) atoms. The van der Waals surface area contributed by atoms with Crippen LogP contribution in [0.15, 0.2) is 364 Å². The standard InChI is InChI=1S/2C53H36N2/c1-53(2)46-19-9-7-17-40(46)42-32-52-45(31-47(42)53)44-30-37(24-27-51(44)55(52)48-21-11-15-34-13-5-6-16-39(34)48)36-23-26-50-43(29-36)41-18-8-10-20-49(41)54(50)38-25-22-33-12-3-4-14-35(33)28-38;1-53(2)46-19-9-7-17-40(46)42-31-45-44-30-37(24-27-51(44)55(52(45)32-47(42)53)48-21-11-15-34-13-5-6-16-39(34)48)36-23-26-50-43(29-36)41-18-8-10-20-49(41)54(50)38-25-22-33-12-3-4-14-35(33)28-38/h2*3-32H,1-2H3. The van der Waals surface area contributed by atoms with Gasteiger partial charge in [-0.15, -0.1) is 0 Å². The molecule has 4 heteroatoms. The summed E-state index contributed by atoms with van der Waals surface area (Å²) in [5.41, 5.74) is 30.2. The lowest BCUT2D eigenvalue weighted by Crippen LogP contribution is -2.15. The molecule has 0 saturated heterocycles. The number of hydrogen-bond acceptors (Lipinski definition) is 0. The van der Waals surface area contributed by atoms with E-state index in [9.17, 15) is 0 Å². The van der Waals surface area contributed by atoms with Crippen molar-refractivity contribution in [3.8, 4) is 67.3 Å². The van der Waals surface area contributed by atoms with Crippen LogP contribution in [0, 0.1) is 0 Å². The van der Waals surface area contributed by atoms with Gasteiger partial charge < -0.3 is 18.3 Å². The Balaban J connectivity index is 0.000000132. The van der Waals surface area contributed by atoms with Crippen molar-refractivity contribution in [2.24, 2.45) is 0 Å². The van der Waals surface area contributed by atoms with Gasteiger partial charge in [0.05, 0.1) is 55.5 Å². The first-order valence-corrected chi connectivity index (χ1v) is 38.5. The molecule has 0 unspecified atom stereocenters. The third kappa shape index (κ3) is 9.08. The van der Waals surface area contributed by atoms with Crippen molar-refractivity contribution in [2.75, 3.05) is 0 Å². The van der Waals surface area contributed by atoms with Gasteiger partial charge in [-0.1, -0.05) is 270 Å². The Bertz CT molecular complexity index is 7710. The Morgan fingerprint density at radius 3 is 0.973 bits per heavy atom. The maximum Gasteiger partial charge on any atom is 0.0547 e. The van der Waals surface area contributed by atoms with E-state index in [1.165, 1.54) is 220 Å². The zero-order valence-corrected chi connectivity index (χ0v) is 61.4. The highest BCUT2D eigenvalue weighted by Crippen LogP contribution is 2.54. The van der Waals surface area contributed by atoms with Crippen LogP contribution in [0.3, 0.4) is 0 Å². The fourth-order valence-electron chi connectivity index (χ4n) is 19.6. The molecule has 4 heterocycles. The molecule has 0 saturated carbocycles. The molecule has 22 aromatic rings. The van der Waals surface area contributed by atoms with Crippen LogP contribution in [0.5, 0.6) is 0 Å². The molecule has 0 fully saturated rings. The fourth-order valence-corrected chi connectivity index (χ4v) is 19.6. The fraction of sp³-hybridized carbons (Fsp3) is 0.0566. The van der Waals surface area contributed by atoms with Crippen LogP contribution in [0.2, 0.25) is 0 Å². The van der Waals surface area contributed by atoms with E-state index in [1.807, 2.05) is 0 Å². The number of para-hydroxylation sites is 2. The van der Waals surface area contributed by atoms with Crippen molar-refractivity contribution in [3.63, 3.8) is 0 Å². The lowest BCUT2D eigenvalue weighted by molar-refractivity contribution is 0.661. The highest BCUT2D eigenvalue weighted by Gasteiger charge is 2.38. The topological polar surface area (TPSA) is 19.7 Å². The van der Waals surface area contributed by atoms with Crippen molar-refractivity contribution in [3.05, 3.63) is 386 Å². The van der Waals surface area contributed by atoms with Gasteiger partial charge >= 0.3 is 0 Å². The van der Waals surface area contributed by atoms with Crippen LogP contribution in [0.1, 0.15) is 49.9 Å². The second-order valence-electron chi connectivity index (χ2n) is 31.5. The average Bonchev–Trinajstić information content (AvgIpc) is 1.55. The Kier molecular flexibility index (Phi) is 13.2. The van der Waals surface area contributed by atoms with Crippen molar-refractivity contribution >= 4 is 130 Å². The molecule has 2 aliphatic carbocycles. The lowest BCUT2D eigenvalue weighted by Gasteiger charge is -2.21. The molecular weight excluding hydrogens is 1330 g/mol. The summed E-state index contributed by atoms with van der Waals surface area (Å²) in [6.07, 6.45) is 0. The van der Waals surface area contributed by atoms with E-state index in [0.29, 0.717) is 0 Å². The molecule has 24 rings (SSSR count). The van der Waals surface area contributed by atoms with Gasteiger partial charge in [0.1, 0.15) is 0 Å². The predicted molar refractivity (Wildman–Crippen MR) is 466 cm³/mol. The van der Waals surface area contributed by atoms with E-state index in [4.69, 9.17) is 0 Å². The number of nitrogens with zero attached hydrogens (tertiary/aromatic N) is 4. The summed E-state index contributed by atoms with van der Waals surface area (Å²) in [7, 11) is 0. The van der Waals surface area contributed by atoms with E-state index in [-0.39, 0.29) is 10.8 Å². The van der Waals surface area contributed by atoms with Gasteiger partial charge in [0.2, 0.25) is 0 Å². The van der Waals surface area contributed by atoms with Crippen LogP contribution in [0.4, 0.5) is 0 Å². The zero-order valence-electron chi connectivity index (χ0n) is 61.4. The Labute approximate surface area is 636 Å². The van der Waals surface area contributed by atoms with Gasteiger partial charge in [0.15, 0.2) is 0 Å². The van der Waals surface area contributed by atoms with Crippen LogP contribution < -0.4 is 0 Å². The van der Waals surface area contributed by atoms with Gasteiger partial charge in [-0.3, -0.25) is 0 Å². The van der Waals surface area contributed by atoms with Gasteiger partial charge in [-0.2, -0.15) is 0 Å². The Hall–Kier alpha value is -13.8. The normalized spacial score (nSPS) is 13.4. The summed E-state index contributed by atoms with van der Waals surface area (Å²) >= 11 is 0. The number of benzene rings is 18. The lowest BCUT2D eigenvalue weighted by atomic mass is 9.82. The Morgan fingerprint density at radius 1 is 0.173 bits per heavy atom. The van der Waals surface area contributed by atoms with Crippen LogP contribution in [0.25, 0.3) is 198 Å². The minimum atomic E-state index is -0.0905. The van der Waals surface area contributed by atoms with E-state index < -0.39 is 0 Å². The maximum absolute atomic E-state index is 2.51. The quantitative estimate of drug-likeness (QED) is 0.158. The van der Waals surface area contributed by atoms with Crippen molar-refractivity contribution in [2.45, 2.75) is 38.5 Å². The second kappa shape index (κ2) is 23.4. The number of fused-ring (bicyclic) bond motifs is 22. The summed E-state index contributed by atoms with van der Waals surface area (Å²) in [6, 6.07) is 135. The molecule has 0 amide bonds. The second-order valence-corrected chi connectivity index (χ2v) is 31.5. The van der Waals surface area contributed by atoms with Gasteiger partial charge in [0, 0.05) is 76.1 Å². The van der Waals surface area contributed by atoms with E-state index in [2.05, 4.69) is 410 Å². The number of hydrogen-bond donors (Lipinski definition) is 0. The molecule has 2 aliphatic rings. The molecule has 0 aliphatic heterocycles. The molecule has 18 aromatic carbocycles. The highest BCUT2D eigenvalue weighted by molar-refractivity contribution is 6.18. The average molecular weight is 1400 g/mol. The SMILES string of the molecule is CC1(C)c2ccccc2-c2cc3c(cc21)c1cc(-c2ccc4c(c2)c2ccccc2n4-c2ccc4ccccc4c2)ccc1n3-c1cccc2ccccc12.CC1(C)c2ccccc2-c2cc3c4cc(-c5ccc6c(c5)c5ccccc5n6-c5ccc6ccccc6c5)ccc4n(-c4cccc5ccccc45)c3cc21. The molecule has 0 spiro atoms. The van der Waals surface area contributed by atoms with Gasteiger partial charge in [0.25, 0.3) is 0 Å². The predicted octanol–water partition coefficient (Wildman–Crippen LogP) is 28.3. The molecular formula is C106H72N4. The summed E-state index contributed by atoms with van der Waals surface area (Å²) < 4.78 is 9.85. The van der Waals surface area contributed by atoms with E-state index >= 15 is 0 Å². The minimum absolute atomic E-state index is 0.0874. The first-order valence-electron chi connectivity index (χ1n) is 38.5. The van der Waals surface area contributed by atoms with Crippen molar-refractivity contribution in [1.82, 2.24) is 18.3 Å². The van der Waals surface area contributed by atoms with Crippen molar-refractivity contribution < 1.29 is 0 Å². The molecule has 516 valence electrons.